The van der Waals surface area contributed by atoms with Gasteiger partial charge in [-0.25, -0.2) is 9.37 Å². The molecule has 2 aromatic carbocycles. The van der Waals surface area contributed by atoms with Crippen LogP contribution in [0.4, 0.5) is 4.39 Å². The van der Waals surface area contributed by atoms with E-state index in [1.807, 2.05) is 25.1 Å². The summed E-state index contributed by atoms with van der Waals surface area (Å²) in [6.45, 7) is 1.99. The highest BCUT2D eigenvalue weighted by Crippen LogP contribution is 2.22. The van der Waals surface area contributed by atoms with E-state index in [1.165, 1.54) is 24.7 Å². The molecule has 0 unspecified atom stereocenters. The van der Waals surface area contributed by atoms with Gasteiger partial charge in [-0.05, 0) is 36.8 Å². The topological polar surface area (TPSA) is 63.0 Å². The molecule has 0 atom stereocenters. The van der Waals surface area contributed by atoms with Crippen LogP contribution in [-0.4, -0.2) is 20.9 Å². The van der Waals surface area contributed by atoms with Crippen LogP contribution in [0.3, 0.4) is 0 Å². The largest absolute Gasteiger partial charge is 0.349 e. The van der Waals surface area contributed by atoms with Gasteiger partial charge in [0.05, 0.1) is 6.21 Å². The number of halogens is 1. The van der Waals surface area contributed by atoms with Crippen molar-refractivity contribution < 1.29 is 4.39 Å². The third-order valence-corrected chi connectivity index (χ3v) is 3.85. The van der Waals surface area contributed by atoms with Crippen molar-refractivity contribution in [2.24, 2.45) is 5.10 Å². The second kappa shape index (κ2) is 5.42. The van der Waals surface area contributed by atoms with E-state index in [-0.39, 0.29) is 11.4 Å². The first-order valence-electron chi connectivity index (χ1n) is 7.41. The summed E-state index contributed by atoms with van der Waals surface area (Å²) < 4.78 is 14.1. The van der Waals surface area contributed by atoms with Crippen LogP contribution in [0.2, 0.25) is 0 Å². The zero-order valence-corrected chi connectivity index (χ0v) is 12.8. The fourth-order valence-electron chi connectivity index (χ4n) is 2.62. The highest BCUT2D eigenvalue weighted by Gasteiger charge is 2.10. The SMILES string of the molecule is Cc1ccc2[nH]c3c(=O)n(/N=C/c4ccc(F)cc4)cnc3c2c1. The molecule has 0 aliphatic carbocycles. The van der Waals surface area contributed by atoms with E-state index in [0.29, 0.717) is 16.6 Å². The Morgan fingerprint density at radius 3 is 2.79 bits per heavy atom. The summed E-state index contributed by atoms with van der Waals surface area (Å²) in [6, 6.07) is 11.7. The lowest BCUT2D eigenvalue weighted by molar-refractivity contribution is 0.628. The molecule has 1 N–H and O–H groups in total. The minimum absolute atomic E-state index is 0.285. The summed E-state index contributed by atoms with van der Waals surface area (Å²) in [5.41, 5.74) is 3.41. The smallest absolute Gasteiger partial charge is 0.298 e. The molecule has 0 amide bonds. The minimum atomic E-state index is -0.319. The number of aryl methyl sites for hydroxylation is 1. The molecule has 0 saturated heterocycles. The minimum Gasteiger partial charge on any atom is -0.349 e. The first-order chi connectivity index (χ1) is 11.6. The van der Waals surface area contributed by atoms with Crippen LogP contribution in [0.1, 0.15) is 11.1 Å². The van der Waals surface area contributed by atoms with Crippen LogP contribution in [-0.2, 0) is 0 Å². The van der Waals surface area contributed by atoms with Gasteiger partial charge in [-0.2, -0.15) is 9.78 Å². The highest BCUT2D eigenvalue weighted by molar-refractivity contribution is 6.04. The molecule has 5 nitrogen and oxygen atoms in total. The molecular formula is C18H13FN4O. The Hall–Kier alpha value is -3.28. The second-order valence-corrected chi connectivity index (χ2v) is 5.59. The van der Waals surface area contributed by atoms with Gasteiger partial charge in [-0.15, -0.1) is 0 Å². The molecular weight excluding hydrogens is 307 g/mol. The predicted octanol–water partition coefficient (Wildman–Crippen LogP) is 3.21. The zero-order valence-electron chi connectivity index (χ0n) is 12.8. The number of benzene rings is 2. The Balaban J connectivity index is 1.82. The molecule has 0 aliphatic rings. The number of aromatic amines is 1. The third kappa shape index (κ3) is 2.38. The lowest BCUT2D eigenvalue weighted by Crippen LogP contribution is -2.17. The van der Waals surface area contributed by atoms with Crippen molar-refractivity contribution in [1.29, 1.82) is 0 Å². The molecule has 0 bridgehead atoms. The van der Waals surface area contributed by atoms with Gasteiger partial charge in [-0.1, -0.05) is 23.8 Å². The molecule has 0 aliphatic heterocycles. The van der Waals surface area contributed by atoms with E-state index in [2.05, 4.69) is 15.1 Å². The van der Waals surface area contributed by atoms with Crippen LogP contribution in [0, 0.1) is 12.7 Å². The van der Waals surface area contributed by atoms with Crippen molar-refractivity contribution in [3.8, 4) is 0 Å². The average molecular weight is 320 g/mol. The number of nitrogens with one attached hydrogen (secondary N) is 1. The molecule has 4 rings (SSSR count). The maximum Gasteiger partial charge on any atom is 0.298 e. The van der Waals surface area contributed by atoms with Gasteiger partial charge in [-0.3, -0.25) is 4.79 Å². The quantitative estimate of drug-likeness (QED) is 0.576. The first kappa shape index (κ1) is 14.3. The Bertz CT molecular complexity index is 1140. The Labute approximate surface area is 136 Å². The van der Waals surface area contributed by atoms with Gasteiger partial charge in [0.2, 0.25) is 0 Å². The van der Waals surface area contributed by atoms with Gasteiger partial charge < -0.3 is 4.98 Å². The van der Waals surface area contributed by atoms with Gasteiger partial charge in [0.1, 0.15) is 23.2 Å². The molecule has 0 spiro atoms. The van der Waals surface area contributed by atoms with E-state index in [1.54, 1.807) is 12.1 Å². The Morgan fingerprint density at radius 2 is 2.00 bits per heavy atom. The number of hydrogen-bond acceptors (Lipinski definition) is 3. The van der Waals surface area contributed by atoms with Gasteiger partial charge >= 0.3 is 0 Å². The van der Waals surface area contributed by atoms with Crippen LogP contribution in [0.5, 0.6) is 0 Å². The monoisotopic (exact) mass is 320 g/mol. The van der Waals surface area contributed by atoms with Crippen molar-refractivity contribution in [2.75, 3.05) is 0 Å². The first-order valence-corrected chi connectivity index (χ1v) is 7.41. The number of aromatic nitrogens is 3. The standard InChI is InChI=1S/C18H13FN4O/c1-11-2-7-15-14(8-11)16-17(22-15)18(24)23(10-20-16)21-9-12-3-5-13(19)6-4-12/h2-10,22H,1H3/b21-9+. The molecule has 0 saturated carbocycles. The summed E-state index contributed by atoms with van der Waals surface area (Å²) >= 11 is 0. The average Bonchev–Trinajstić information content (AvgIpc) is 2.95. The van der Waals surface area contributed by atoms with E-state index < -0.39 is 0 Å². The fourth-order valence-corrected chi connectivity index (χ4v) is 2.62. The Kier molecular flexibility index (Phi) is 3.23. The summed E-state index contributed by atoms with van der Waals surface area (Å²) in [6.07, 6.45) is 2.88. The number of fused-ring (bicyclic) bond motifs is 3. The summed E-state index contributed by atoms with van der Waals surface area (Å²) in [5, 5.41) is 5.03. The zero-order chi connectivity index (χ0) is 16.7. The second-order valence-electron chi connectivity index (χ2n) is 5.59. The van der Waals surface area contributed by atoms with Crippen LogP contribution in [0.25, 0.3) is 21.9 Å². The van der Waals surface area contributed by atoms with Crippen molar-refractivity contribution in [1.82, 2.24) is 14.6 Å². The fraction of sp³-hybridized carbons (Fsp3) is 0.0556. The third-order valence-electron chi connectivity index (χ3n) is 3.85. The number of H-pyrrole nitrogens is 1. The molecule has 6 heteroatoms. The summed E-state index contributed by atoms with van der Waals surface area (Å²) in [7, 11) is 0. The van der Waals surface area contributed by atoms with Crippen LogP contribution >= 0.6 is 0 Å². The Morgan fingerprint density at radius 1 is 1.21 bits per heavy atom. The molecule has 24 heavy (non-hydrogen) atoms. The number of rotatable bonds is 2. The molecule has 0 radical (unpaired) electrons. The summed E-state index contributed by atoms with van der Waals surface area (Å²) in [5.74, 6) is -0.319. The van der Waals surface area contributed by atoms with Crippen molar-refractivity contribution >= 4 is 28.2 Å². The van der Waals surface area contributed by atoms with E-state index >= 15 is 0 Å². The van der Waals surface area contributed by atoms with E-state index in [0.717, 1.165) is 21.1 Å². The van der Waals surface area contributed by atoms with Crippen molar-refractivity contribution in [3.05, 3.63) is 76.1 Å². The van der Waals surface area contributed by atoms with Crippen molar-refractivity contribution in [3.63, 3.8) is 0 Å². The maximum atomic E-state index is 12.9. The lowest BCUT2D eigenvalue weighted by atomic mass is 10.2. The van der Waals surface area contributed by atoms with Gasteiger partial charge in [0, 0.05) is 10.9 Å². The molecule has 0 fully saturated rings. The number of hydrogen-bond donors (Lipinski definition) is 1. The predicted molar refractivity (Wildman–Crippen MR) is 92.0 cm³/mol. The lowest BCUT2D eigenvalue weighted by Gasteiger charge is -1.98. The molecule has 2 heterocycles. The van der Waals surface area contributed by atoms with E-state index in [9.17, 15) is 9.18 Å². The van der Waals surface area contributed by atoms with Crippen molar-refractivity contribution in [2.45, 2.75) is 6.92 Å². The number of nitrogens with zero attached hydrogens (tertiary/aromatic N) is 3. The maximum absolute atomic E-state index is 12.9. The highest BCUT2D eigenvalue weighted by atomic mass is 19.1. The van der Waals surface area contributed by atoms with Gasteiger partial charge in [0.25, 0.3) is 5.56 Å². The summed E-state index contributed by atoms with van der Waals surface area (Å²) in [4.78, 5) is 20.0. The van der Waals surface area contributed by atoms with Crippen LogP contribution < -0.4 is 5.56 Å². The normalized spacial score (nSPS) is 11.8. The molecule has 4 aromatic rings. The van der Waals surface area contributed by atoms with Gasteiger partial charge in [0.15, 0.2) is 0 Å². The van der Waals surface area contributed by atoms with E-state index in [4.69, 9.17) is 0 Å². The molecule has 118 valence electrons. The molecule has 2 aromatic heterocycles. The van der Waals surface area contributed by atoms with Crippen LogP contribution in [0.15, 0.2) is 58.7 Å².